The van der Waals surface area contributed by atoms with Gasteiger partial charge in [0.05, 0.1) is 6.61 Å². The highest BCUT2D eigenvalue weighted by Gasteiger charge is 2.30. The molecule has 1 unspecified atom stereocenters. The lowest BCUT2D eigenvalue weighted by atomic mass is 9.95. The maximum Gasteiger partial charge on any atom is 0.422 e. The van der Waals surface area contributed by atoms with E-state index in [0.717, 1.165) is 19.3 Å². The Labute approximate surface area is 125 Å². The molecular weight excluding hydrogens is 299 g/mol. The molecule has 22 heavy (non-hydrogen) atoms. The van der Waals surface area contributed by atoms with E-state index in [2.05, 4.69) is 15.8 Å². The molecule has 2 rings (SSSR count). The van der Waals surface area contributed by atoms with Crippen LogP contribution in [0.4, 0.5) is 13.2 Å². The molecule has 1 atom stereocenters. The number of pyridine rings is 1. The van der Waals surface area contributed by atoms with Crippen molar-refractivity contribution in [2.45, 2.75) is 25.4 Å². The summed E-state index contributed by atoms with van der Waals surface area (Å²) >= 11 is 0. The van der Waals surface area contributed by atoms with Gasteiger partial charge in [-0.3, -0.25) is 0 Å². The minimum Gasteiger partial charge on any atom is -0.467 e. The first kappa shape index (κ1) is 16.3. The largest absolute Gasteiger partial charge is 0.467 e. The Balaban J connectivity index is 1.95. The van der Waals surface area contributed by atoms with E-state index in [1.165, 1.54) is 18.3 Å². The lowest BCUT2D eigenvalue weighted by molar-refractivity contribution is -0.154. The molecular formula is C15H16F3NO3. The van der Waals surface area contributed by atoms with Gasteiger partial charge in [0.15, 0.2) is 6.61 Å². The van der Waals surface area contributed by atoms with E-state index in [1.54, 1.807) is 0 Å². The van der Waals surface area contributed by atoms with Gasteiger partial charge in [-0.1, -0.05) is 12.2 Å². The molecule has 0 amide bonds. The van der Waals surface area contributed by atoms with E-state index in [-0.39, 0.29) is 24.0 Å². The Hall–Kier alpha value is -2.05. The number of allylic oxidation sites excluding steroid dienone is 2. The van der Waals surface area contributed by atoms with Crippen LogP contribution >= 0.6 is 0 Å². The zero-order chi connectivity index (χ0) is 16.0. The van der Waals surface area contributed by atoms with Crippen LogP contribution in [0.15, 0.2) is 30.5 Å². The second-order valence-electron chi connectivity index (χ2n) is 5.01. The Bertz CT molecular complexity index is 543. The van der Waals surface area contributed by atoms with Crippen LogP contribution in [-0.2, 0) is 4.74 Å². The number of esters is 1. The van der Waals surface area contributed by atoms with Crippen molar-refractivity contribution >= 4 is 5.97 Å². The monoisotopic (exact) mass is 315 g/mol. The summed E-state index contributed by atoms with van der Waals surface area (Å²) in [7, 11) is 0. The number of carbonyl (C=O) groups excluding carboxylic acids is 1. The first-order valence-electron chi connectivity index (χ1n) is 6.92. The molecule has 0 aromatic carbocycles. The standard InChI is InChI=1S/C15H16F3NO3/c16-15(17,18)10-22-13-12(7-4-8-19-13)14(20)21-9-11-5-2-1-3-6-11/h1-2,4,7-8,11H,3,5-6,9-10H2. The maximum absolute atomic E-state index is 12.2. The number of carbonyl (C=O) groups is 1. The number of hydrogen-bond acceptors (Lipinski definition) is 4. The van der Waals surface area contributed by atoms with Crippen LogP contribution in [0.5, 0.6) is 5.88 Å². The highest BCUT2D eigenvalue weighted by atomic mass is 19.4. The maximum atomic E-state index is 12.2. The molecule has 1 heterocycles. The van der Waals surface area contributed by atoms with Gasteiger partial charge >= 0.3 is 12.1 Å². The van der Waals surface area contributed by atoms with Crippen molar-refractivity contribution in [3.63, 3.8) is 0 Å². The molecule has 1 aromatic heterocycles. The van der Waals surface area contributed by atoms with E-state index in [9.17, 15) is 18.0 Å². The number of aromatic nitrogens is 1. The Morgan fingerprint density at radius 3 is 2.86 bits per heavy atom. The van der Waals surface area contributed by atoms with Gasteiger partial charge in [-0.15, -0.1) is 0 Å². The zero-order valence-electron chi connectivity index (χ0n) is 11.8. The van der Waals surface area contributed by atoms with Crippen LogP contribution in [0.3, 0.4) is 0 Å². The number of rotatable bonds is 5. The molecule has 4 nitrogen and oxygen atoms in total. The molecule has 7 heteroatoms. The molecule has 0 aliphatic heterocycles. The first-order valence-corrected chi connectivity index (χ1v) is 6.92. The molecule has 1 aliphatic rings. The van der Waals surface area contributed by atoms with Crippen molar-refractivity contribution in [1.29, 1.82) is 0 Å². The summed E-state index contributed by atoms with van der Waals surface area (Å²) in [5.41, 5.74) is -0.0990. The van der Waals surface area contributed by atoms with Gasteiger partial charge in [0.2, 0.25) is 5.88 Å². The Morgan fingerprint density at radius 1 is 1.36 bits per heavy atom. The van der Waals surface area contributed by atoms with Gasteiger partial charge in [-0.25, -0.2) is 9.78 Å². The quantitative estimate of drug-likeness (QED) is 0.616. The first-order chi connectivity index (χ1) is 10.5. The molecule has 120 valence electrons. The van der Waals surface area contributed by atoms with Crippen LogP contribution in [0.2, 0.25) is 0 Å². The lowest BCUT2D eigenvalue weighted by Crippen LogP contribution is -2.21. The van der Waals surface area contributed by atoms with Crippen molar-refractivity contribution in [2.75, 3.05) is 13.2 Å². The molecule has 0 radical (unpaired) electrons. The van der Waals surface area contributed by atoms with Crippen molar-refractivity contribution in [3.05, 3.63) is 36.0 Å². The predicted octanol–water partition coefficient (Wildman–Crippen LogP) is 3.54. The van der Waals surface area contributed by atoms with E-state index in [0.29, 0.717) is 0 Å². The van der Waals surface area contributed by atoms with Crippen LogP contribution < -0.4 is 4.74 Å². The number of ether oxygens (including phenoxy) is 2. The summed E-state index contributed by atoms with van der Waals surface area (Å²) in [5, 5.41) is 0. The van der Waals surface area contributed by atoms with Crippen molar-refractivity contribution < 1.29 is 27.4 Å². The van der Waals surface area contributed by atoms with E-state index in [1.807, 2.05) is 6.08 Å². The van der Waals surface area contributed by atoms with Gasteiger partial charge in [0.1, 0.15) is 5.56 Å². The summed E-state index contributed by atoms with van der Waals surface area (Å²) in [6.07, 6.45) is 3.56. The molecule has 1 aromatic rings. The van der Waals surface area contributed by atoms with Crippen molar-refractivity contribution in [1.82, 2.24) is 4.98 Å². The minimum atomic E-state index is -4.49. The van der Waals surface area contributed by atoms with Crippen LogP contribution in [-0.4, -0.2) is 30.3 Å². The lowest BCUT2D eigenvalue weighted by Gasteiger charge is -2.18. The topological polar surface area (TPSA) is 48.4 Å². The molecule has 0 saturated heterocycles. The van der Waals surface area contributed by atoms with Crippen LogP contribution in [0, 0.1) is 5.92 Å². The van der Waals surface area contributed by atoms with Gasteiger partial charge < -0.3 is 9.47 Å². The number of alkyl halides is 3. The highest BCUT2D eigenvalue weighted by molar-refractivity contribution is 5.91. The molecule has 0 spiro atoms. The molecule has 1 aliphatic carbocycles. The van der Waals surface area contributed by atoms with Crippen LogP contribution in [0.25, 0.3) is 0 Å². The second-order valence-corrected chi connectivity index (χ2v) is 5.01. The van der Waals surface area contributed by atoms with Gasteiger partial charge in [-0.2, -0.15) is 13.2 Å². The molecule has 0 N–H and O–H groups in total. The van der Waals surface area contributed by atoms with E-state index in [4.69, 9.17) is 4.74 Å². The number of halogens is 3. The average Bonchev–Trinajstić information content (AvgIpc) is 2.51. The summed E-state index contributed by atoms with van der Waals surface area (Å²) in [6, 6.07) is 2.78. The Kier molecular flexibility index (Phi) is 5.41. The fourth-order valence-corrected chi connectivity index (χ4v) is 2.09. The normalized spacial score (nSPS) is 18.0. The Morgan fingerprint density at radius 2 is 2.18 bits per heavy atom. The fraction of sp³-hybridized carbons (Fsp3) is 0.467. The highest BCUT2D eigenvalue weighted by Crippen LogP contribution is 2.22. The molecule has 0 fully saturated rings. The summed E-state index contributed by atoms with van der Waals surface area (Å²) < 4.78 is 46.3. The third kappa shape index (κ3) is 5.05. The van der Waals surface area contributed by atoms with E-state index >= 15 is 0 Å². The summed E-state index contributed by atoms with van der Waals surface area (Å²) in [4.78, 5) is 15.7. The number of hydrogen-bond donors (Lipinski definition) is 0. The van der Waals surface area contributed by atoms with E-state index < -0.39 is 18.8 Å². The van der Waals surface area contributed by atoms with Crippen molar-refractivity contribution in [2.24, 2.45) is 5.92 Å². The SMILES string of the molecule is O=C(OCC1CC=CCC1)c1cccnc1OCC(F)(F)F. The zero-order valence-corrected chi connectivity index (χ0v) is 11.8. The summed E-state index contributed by atoms with van der Waals surface area (Å²) in [5.74, 6) is -0.849. The van der Waals surface area contributed by atoms with Gasteiger partial charge in [0, 0.05) is 6.20 Å². The second kappa shape index (κ2) is 7.29. The smallest absolute Gasteiger partial charge is 0.422 e. The minimum absolute atomic E-state index is 0.0990. The molecule has 0 saturated carbocycles. The van der Waals surface area contributed by atoms with Crippen molar-refractivity contribution in [3.8, 4) is 5.88 Å². The van der Waals surface area contributed by atoms with Crippen LogP contribution in [0.1, 0.15) is 29.6 Å². The average molecular weight is 315 g/mol. The van der Waals surface area contributed by atoms with Gasteiger partial charge in [0.25, 0.3) is 0 Å². The third-order valence-electron chi connectivity index (χ3n) is 3.19. The van der Waals surface area contributed by atoms with Gasteiger partial charge in [-0.05, 0) is 37.3 Å². The predicted molar refractivity (Wildman–Crippen MR) is 72.6 cm³/mol. The number of nitrogens with zero attached hydrogens (tertiary/aromatic N) is 1. The summed E-state index contributed by atoms with van der Waals surface area (Å²) in [6.45, 7) is -1.27. The third-order valence-corrected chi connectivity index (χ3v) is 3.19. The fourth-order valence-electron chi connectivity index (χ4n) is 2.09. The molecule has 0 bridgehead atoms.